The fourth-order valence-electron chi connectivity index (χ4n) is 2.98. The average Bonchev–Trinajstić information content (AvgIpc) is 3.01. The lowest BCUT2D eigenvalue weighted by atomic mass is 10.1. The molecule has 0 saturated heterocycles. The van der Waals surface area contributed by atoms with Gasteiger partial charge in [-0.2, -0.15) is 10.1 Å². The van der Waals surface area contributed by atoms with E-state index in [0.29, 0.717) is 41.0 Å². The van der Waals surface area contributed by atoms with Gasteiger partial charge in [-0.15, -0.1) is 0 Å². The van der Waals surface area contributed by atoms with E-state index in [4.69, 9.17) is 21.1 Å². The lowest BCUT2D eigenvalue weighted by Gasteiger charge is -2.14. The van der Waals surface area contributed by atoms with Crippen LogP contribution in [-0.2, 0) is 4.79 Å². The molecule has 31 heavy (non-hydrogen) atoms. The summed E-state index contributed by atoms with van der Waals surface area (Å²) in [4.78, 5) is 24.3. The summed E-state index contributed by atoms with van der Waals surface area (Å²) >= 11 is 5.93. The number of rotatable bonds is 7. The van der Waals surface area contributed by atoms with Crippen molar-refractivity contribution in [1.82, 2.24) is 0 Å². The largest absolute Gasteiger partial charge is 0.493 e. The zero-order valence-electron chi connectivity index (χ0n) is 17.7. The van der Waals surface area contributed by atoms with Crippen LogP contribution in [-0.4, -0.2) is 36.4 Å². The molecule has 0 spiro atoms. The Morgan fingerprint density at radius 2 is 1.97 bits per heavy atom. The highest BCUT2D eigenvalue weighted by atomic mass is 35.5. The second-order valence-electron chi connectivity index (χ2n) is 7.44. The Balaban J connectivity index is 1.90. The summed E-state index contributed by atoms with van der Waals surface area (Å²) in [6.07, 6.45) is 1.71. The van der Waals surface area contributed by atoms with E-state index < -0.39 is 5.97 Å². The van der Waals surface area contributed by atoms with Crippen LogP contribution >= 0.6 is 11.6 Å². The predicted molar refractivity (Wildman–Crippen MR) is 120 cm³/mol. The number of halogens is 1. The van der Waals surface area contributed by atoms with Crippen LogP contribution in [0.2, 0.25) is 5.02 Å². The smallest absolute Gasteiger partial charge is 0.337 e. The van der Waals surface area contributed by atoms with Crippen molar-refractivity contribution in [3.63, 3.8) is 0 Å². The van der Waals surface area contributed by atoms with Crippen LogP contribution in [0.25, 0.3) is 6.08 Å². The number of nitrogens with zero attached hydrogens (tertiary/aromatic N) is 2. The average molecular weight is 443 g/mol. The Morgan fingerprint density at radius 3 is 2.61 bits per heavy atom. The molecular formula is C23H23ClN2O5. The first-order valence-corrected chi connectivity index (χ1v) is 10.0. The van der Waals surface area contributed by atoms with Crippen molar-refractivity contribution in [2.75, 3.05) is 18.7 Å². The first kappa shape index (κ1) is 22.4. The molecular weight excluding hydrogens is 420 g/mol. The normalized spacial score (nSPS) is 14.9. The molecule has 0 radical (unpaired) electrons. The van der Waals surface area contributed by atoms with Gasteiger partial charge in [-0.3, -0.25) is 4.79 Å². The van der Waals surface area contributed by atoms with Gasteiger partial charge >= 0.3 is 5.97 Å². The summed E-state index contributed by atoms with van der Waals surface area (Å²) in [5.41, 5.74) is 1.88. The Kier molecular flexibility index (Phi) is 6.65. The molecule has 162 valence electrons. The zero-order chi connectivity index (χ0) is 22.7. The first-order valence-electron chi connectivity index (χ1n) is 9.66. The molecule has 2 aromatic carbocycles. The van der Waals surface area contributed by atoms with Gasteiger partial charge < -0.3 is 14.6 Å². The number of methoxy groups -OCH3 is 1. The molecule has 2 aromatic rings. The van der Waals surface area contributed by atoms with Gasteiger partial charge in [0, 0.05) is 0 Å². The van der Waals surface area contributed by atoms with E-state index in [-0.39, 0.29) is 16.5 Å². The molecule has 8 heteroatoms. The van der Waals surface area contributed by atoms with E-state index in [1.54, 1.807) is 38.3 Å². The van der Waals surface area contributed by atoms with Crippen molar-refractivity contribution in [1.29, 1.82) is 0 Å². The summed E-state index contributed by atoms with van der Waals surface area (Å²) in [5, 5.41) is 14.8. The first-order chi connectivity index (χ1) is 14.7. The molecule has 7 nitrogen and oxygen atoms in total. The minimum Gasteiger partial charge on any atom is -0.493 e. The number of carbonyl (C=O) groups is 2. The molecule has 3 rings (SSSR count). The van der Waals surface area contributed by atoms with Crippen LogP contribution in [0.3, 0.4) is 0 Å². The number of benzene rings is 2. The number of carboxylic acids is 1. The Bertz CT molecular complexity index is 1090. The van der Waals surface area contributed by atoms with Gasteiger partial charge in [0.25, 0.3) is 5.91 Å². The standard InChI is InChI=1S/C23H23ClN2O5/c1-13(2)12-31-20-8-5-15(10-21(20)30-4)9-17-14(3)25-26(22(17)27)16-6-7-19(24)18(11-16)23(28)29/h5-11,13H,12H2,1-4H3,(H,28,29)/b17-9-. The third-order valence-corrected chi connectivity index (χ3v) is 4.89. The predicted octanol–water partition coefficient (Wildman–Crippen LogP) is 4.89. The topological polar surface area (TPSA) is 88.4 Å². The third-order valence-electron chi connectivity index (χ3n) is 4.56. The maximum absolute atomic E-state index is 13.0. The second-order valence-corrected chi connectivity index (χ2v) is 7.85. The Morgan fingerprint density at radius 1 is 1.23 bits per heavy atom. The minimum atomic E-state index is -1.18. The Labute approximate surface area is 185 Å². The van der Waals surface area contributed by atoms with Crippen molar-refractivity contribution in [3.8, 4) is 11.5 Å². The monoisotopic (exact) mass is 442 g/mol. The summed E-state index contributed by atoms with van der Waals surface area (Å²) in [6.45, 7) is 6.40. The number of carboxylic acid groups (broad SMARTS) is 1. The molecule has 1 amide bonds. The number of hydrogen-bond acceptors (Lipinski definition) is 5. The van der Waals surface area contributed by atoms with Crippen LogP contribution in [0.4, 0.5) is 5.69 Å². The maximum Gasteiger partial charge on any atom is 0.337 e. The molecule has 0 aromatic heterocycles. The van der Waals surface area contributed by atoms with E-state index in [1.807, 2.05) is 6.07 Å². The van der Waals surface area contributed by atoms with E-state index in [1.165, 1.54) is 17.1 Å². The molecule has 0 unspecified atom stereocenters. The fourth-order valence-corrected chi connectivity index (χ4v) is 3.18. The number of hydrazone groups is 1. The van der Waals surface area contributed by atoms with Crippen LogP contribution < -0.4 is 14.5 Å². The molecule has 1 heterocycles. The van der Waals surface area contributed by atoms with E-state index >= 15 is 0 Å². The molecule has 0 aliphatic carbocycles. The van der Waals surface area contributed by atoms with Crippen LogP contribution in [0, 0.1) is 5.92 Å². The third kappa shape index (κ3) is 4.88. The minimum absolute atomic E-state index is 0.0891. The molecule has 0 atom stereocenters. The highest BCUT2D eigenvalue weighted by molar-refractivity contribution is 6.34. The molecule has 0 fully saturated rings. The van der Waals surface area contributed by atoms with Crippen molar-refractivity contribution < 1.29 is 24.2 Å². The molecule has 1 N–H and O–H groups in total. The van der Waals surface area contributed by atoms with E-state index in [2.05, 4.69) is 18.9 Å². The fraction of sp³-hybridized carbons (Fsp3) is 0.261. The van der Waals surface area contributed by atoms with E-state index in [0.717, 1.165) is 5.56 Å². The van der Waals surface area contributed by atoms with Gasteiger partial charge in [-0.25, -0.2) is 4.79 Å². The number of anilines is 1. The van der Waals surface area contributed by atoms with Gasteiger partial charge in [-0.1, -0.05) is 31.5 Å². The van der Waals surface area contributed by atoms with Crippen LogP contribution in [0.15, 0.2) is 47.1 Å². The lowest BCUT2D eigenvalue weighted by molar-refractivity contribution is -0.114. The summed E-state index contributed by atoms with van der Waals surface area (Å²) in [5.74, 6) is 0.0280. The van der Waals surface area contributed by atoms with Crippen LogP contribution in [0.5, 0.6) is 11.5 Å². The zero-order valence-corrected chi connectivity index (χ0v) is 18.4. The highest BCUT2D eigenvalue weighted by Crippen LogP contribution is 2.32. The highest BCUT2D eigenvalue weighted by Gasteiger charge is 2.29. The van der Waals surface area contributed by atoms with Gasteiger partial charge in [0.1, 0.15) is 0 Å². The molecule has 1 aliphatic rings. The van der Waals surface area contributed by atoms with Gasteiger partial charge in [0.15, 0.2) is 11.5 Å². The molecule has 1 aliphatic heterocycles. The van der Waals surface area contributed by atoms with Gasteiger partial charge in [-0.05, 0) is 54.8 Å². The van der Waals surface area contributed by atoms with Gasteiger partial charge in [0.2, 0.25) is 0 Å². The number of hydrogen-bond donors (Lipinski definition) is 1. The van der Waals surface area contributed by atoms with Crippen LogP contribution in [0.1, 0.15) is 36.7 Å². The second kappa shape index (κ2) is 9.22. The quantitative estimate of drug-likeness (QED) is 0.617. The molecule has 0 saturated carbocycles. The number of carbonyl (C=O) groups excluding carboxylic acids is 1. The molecule has 0 bridgehead atoms. The van der Waals surface area contributed by atoms with Crippen molar-refractivity contribution in [3.05, 3.63) is 58.1 Å². The van der Waals surface area contributed by atoms with E-state index in [9.17, 15) is 14.7 Å². The number of ether oxygens (including phenoxy) is 2. The Hall–Kier alpha value is -3.32. The maximum atomic E-state index is 13.0. The summed E-state index contributed by atoms with van der Waals surface area (Å²) < 4.78 is 11.2. The van der Waals surface area contributed by atoms with Gasteiger partial charge in [0.05, 0.1) is 41.3 Å². The van der Waals surface area contributed by atoms with Crippen molar-refractivity contribution in [2.24, 2.45) is 11.0 Å². The number of amides is 1. The summed E-state index contributed by atoms with van der Waals surface area (Å²) in [7, 11) is 1.56. The number of aromatic carboxylic acids is 1. The van der Waals surface area contributed by atoms with Crippen molar-refractivity contribution >= 4 is 41.0 Å². The lowest BCUT2D eigenvalue weighted by Crippen LogP contribution is -2.21. The summed E-state index contributed by atoms with van der Waals surface area (Å²) in [6, 6.07) is 9.73. The van der Waals surface area contributed by atoms with Crippen molar-refractivity contribution in [2.45, 2.75) is 20.8 Å². The SMILES string of the molecule is COc1cc(/C=C2\C(=O)N(c3ccc(Cl)c(C(=O)O)c3)N=C2C)ccc1OCC(C)C.